The SMILES string of the molecule is CCOc1ccc(C(C)NC(=O)c2ccc(C(C)(C)C)cc2)cc1OCC. The first-order chi connectivity index (χ1) is 12.8. The van der Waals surface area contributed by atoms with Gasteiger partial charge in [0.15, 0.2) is 11.5 Å². The van der Waals surface area contributed by atoms with Crippen LogP contribution in [0.1, 0.15) is 69.1 Å². The molecule has 146 valence electrons. The monoisotopic (exact) mass is 369 g/mol. The number of hydrogen-bond acceptors (Lipinski definition) is 3. The maximum Gasteiger partial charge on any atom is 0.251 e. The van der Waals surface area contributed by atoms with Gasteiger partial charge in [0.25, 0.3) is 5.91 Å². The van der Waals surface area contributed by atoms with E-state index < -0.39 is 0 Å². The molecule has 0 aliphatic rings. The van der Waals surface area contributed by atoms with Crippen LogP contribution < -0.4 is 14.8 Å². The summed E-state index contributed by atoms with van der Waals surface area (Å²) in [5.74, 6) is 1.33. The Bertz CT molecular complexity index is 760. The molecule has 4 nitrogen and oxygen atoms in total. The Morgan fingerprint density at radius 2 is 1.56 bits per heavy atom. The molecule has 0 heterocycles. The summed E-state index contributed by atoms with van der Waals surface area (Å²) < 4.78 is 11.3. The highest BCUT2D eigenvalue weighted by Gasteiger charge is 2.16. The summed E-state index contributed by atoms with van der Waals surface area (Å²) in [5.41, 5.74) is 2.91. The van der Waals surface area contributed by atoms with E-state index in [0.29, 0.717) is 24.5 Å². The highest BCUT2D eigenvalue weighted by molar-refractivity contribution is 5.94. The Morgan fingerprint density at radius 3 is 2.11 bits per heavy atom. The lowest BCUT2D eigenvalue weighted by atomic mass is 9.86. The molecular formula is C23H31NO3. The summed E-state index contributed by atoms with van der Waals surface area (Å²) in [5, 5.41) is 3.06. The molecule has 0 radical (unpaired) electrons. The first-order valence-electron chi connectivity index (χ1n) is 9.57. The van der Waals surface area contributed by atoms with E-state index in [2.05, 4.69) is 26.1 Å². The molecule has 0 saturated carbocycles. The maximum absolute atomic E-state index is 12.6. The largest absolute Gasteiger partial charge is 0.490 e. The Labute approximate surface area is 162 Å². The van der Waals surface area contributed by atoms with Gasteiger partial charge in [0.2, 0.25) is 0 Å². The number of benzene rings is 2. The molecule has 0 bridgehead atoms. The van der Waals surface area contributed by atoms with Crippen molar-refractivity contribution in [1.29, 1.82) is 0 Å². The van der Waals surface area contributed by atoms with Crippen molar-refractivity contribution in [2.24, 2.45) is 0 Å². The predicted molar refractivity (Wildman–Crippen MR) is 110 cm³/mol. The molecule has 1 unspecified atom stereocenters. The highest BCUT2D eigenvalue weighted by Crippen LogP contribution is 2.31. The molecular weight excluding hydrogens is 338 g/mol. The van der Waals surface area contributed by atoms with Gasteiger partial charge in [-0.05, 0) is 61.6 Å². The Hall–Kier alpha value is -2.49. The van der Waals surface area contributed by atoms with Gasteiger partial charge in [-0.2, -0.15) is 0 Å². The second-order valence-electron chi connectivity index (χ2n) is 7.59. The normalized spacial score (nSPS) is 12.4. The number of rotatable bonds is 7. The summed E-state index contributed by atoms with van der Waals surface area (Å²) in [7, 11) is 0. The zero-order valence-corrected chi connectivity index (χ0v) is 17.3. The third-order valence-electron chi connectivity index (χ3n) is 4.43. The summed E-state index contributed by atoms with van der Waals surface area (Å²) in [6, 6.07) is 13.4. The van der Waals surface area contributed by atoms with Crippen molar-refractivity contribution >= 4 is 5.91 Å². The maximum atomic E-state index is 12.6. The van der Waals surface area contributed by atoms with E-state index in [1.165, 1.54) is 5.56 Å². The van der Waals surface area contributed by atoms with Crippen molar-refractivity contribution in [3.8, 4) is 11.5 Å². The van der Waals surface area contributed by atoms with Crippen LogP contribution in [-0.2, 0) is 5.41 Å². The van der Waals surface area contributed by atoms with E-state index in [1.807, 2.05) is 63.2 Å². The average Bonchev–Trinajstić information content (AvgIpc) is 2.63. The van der Waals surface area contributed by atoms with Crippen molar-refractivity contribution in [3.63, 3.8) is 0 Å². The highest BCUT2D eigenvalue weighted by atomic mass is 16.5. The fourth-order valence-corrected chi connectivity index (χ4v) is 2.82. The van der Waals surface area contributed by atoms with Crippen molar-refractivity contribution in [2.75, 3.05) is 13.2 Å². The topological polar surface area (TPSA) is 47.6 Å². The van der Waals surface area contributed by atoms with Crippen molar-refractivity contribution in [1.82, 2.24) is 5.32 Å². The third-order valence-corrected chi connectivity index (χ3v) is 4.43. The van der Waals surface area contributed by atoms with Gasteiger partial charge in [-0.25, -0.2) is 0 Å². The number of amides is 1. The predicted octanol–water partition coefficient (Wildman–Crippen LogP) is 5.27. The molecule has 1 N–H and O–H groups in total. The van der Waals surface area contributed by atoms with Gasteiger partial charge in [-0.1, -0.05) is 39.0 Å². The second-order valence-corrected chi connectivity index (χ2v) is 7.59. The molecule has 1 atom stereocenters. The summed E-state index contributed by atoms with van der Waals surface area (Å²) in [6.07, 6.45) is 0. The Morgan fingerprint density at radius 1 is 0.963 bits per heavy atom. The summed E-state index contributed by atoms with van der Waals surface area (Å²) >= 11 is 0. The zero-order chi connectivity index (χ0) is 20.0. The fourth-order valence-electron chi connectivity index (χ4n) is 2.82. The van der Waals surface area contributed by atoms with Crippen LogP contribution in [0.2, 0.25) is 0 Å². The lowest BCUT2D eigenvalue weighted by Crippen LogP contribution is -2.26. The molecule has 27 heavy (non-hydrogen) atoms. The minimum Gasteiger partial charge on any atom is -0.490 e. The lowest BCUT2D eigenvalue weighted by Gasteiger charge is -2.20. The minimum atomic E-state index is -0.144. The fraction of sp³-hybridized carbons (Fsp3) is 0.435. The van der Waals surface area contributed by atoms with Crippen LogP contribution in [0, 0.1) is 0 Å². The van der Waals surface area contributed by atoms with E-state index in [1.54, 1.807) is 0 Å². The molecule has 2 aromatic rings. The molecule has 2 aromatic carbocycles. The van der Waals surface area contributed by atoms with Crippen LogP contribution in [0.25, 0.3) is 0 Å². The van der Waals surface area contributed by atoms with Crippen LogP contribution in [-0.4, -0.2) is 19.1 Å². The molecule has 1 amide bonds. The van der Waals surface area contributed by atoms with Crippen molar-refractivity contribution in [2.45, 2.75) is 53.0 Å². The number of hydrogen-bond donors (Lipinski definition) is 1. The molecule has 0 aliphatic carbocycles. The standard InChI is InChI=1S/C23H31NO3/c1-7-26-20-14-11-18(15-21(20)27-8-2)16(3)24-22(25)17-9-12-19(13-10-17)23(4,5)6/h9-16H,7-8H2,1-6H3,(H,24,25). The van der Waals surface area contributed by atoms with Gasteiger partial charge in [0, 0.05) is 5.56 Å². The van der Waals surface area contributed by atoms with Gasteiger partial charge >= 0.3 is 0 Å². The van der Waals surface area contributed by atoms with Crippen molar-refractivity contribution < 1.29 is 14.3 Å². The second kappa shape index (κ2) is 8.94. The van der Waals surface area contributed by atoms with E-state index in [-0.39, 0.29) is 17.4 Å². The summed E-state index contributed by atoms with van der Waals surface area (Å²) in [6.45, 7) is 13.5. The van der Waals surface area contributed by atoms with Crippen LogP contribution in [0.3, 0.4) is 0 Å². The van der Waals surface area contributed by atoms with Gasteiger partial charge < -0.3 is 14.8 Å². The number of nitrogens with one attached hydrogen (secondary N) is 1. The molecule has 0 aromatic heterocycles. The van der Waals surface area contributed by atoms with E-state index in [9.17, 15) is 4.79 Å². The smallest absolute Gasteiger partial charge is 0.251 e. The van der Waals surface area contributed by atoms with Gasteiger partial charge in [0.1, 0.15) is 0 Å². The first-order valence-corrected chi connectivity index (χ1v) is 9.57. The summed E-state index contributed by atoms with van der Waals surface area (Å²) in [4.78, 5) is 12.6. The van der Waals surface area contributed by atoms with Crippen LogP contribution in [0.4, 0.5) is 0 Å². The lowest BCUT2D eigenvalue weighted by molar-refractivity contribution is 0.0939. The Balaban J connectivity index is 2.12. The van der Waals surface area contributed by atoms with Crippen molar-refractivity contribution in [3.05, 3.63) is 59.2 Å². The molecule has 0 saturated heterocycles. The quantitative estimate of drug-likeness (QED) is 0.723. The van der Waals surface area contributed by atoms with E-state index >= 15 is 0 Å². The Kier molecular flexibility index (Phi) is 6.89. The molecule has 0 fully saturated rings. The number of carbonyl (C=O) groups is 1. The number of ether oxygens (including phenoxy) is 2. The van der Waals surface area contributed by atoms with Gasteiger partial charge in [-0.3, -0.25) is 4.79 Å². The van der Waals surface area contributed by atoms with Gasteiger partial charge in [0.05, 0.1) is 19.3 Å². The van der Waals surface area contributed by atoms with E-state index in [0.717, 1.165) is 11.3 Å². The molecule has 0 aliphatic heterocycles. The van der Waals surface area contributed by atoms with E-state index in [4.69, 9.17) is 9.47 Å². The van der Waals surface area contributed by atoms with Crippen LogP contribution in [0.15, 0.2) is 42.5 Å². The molecule has 4 heteroatoms. The first kappa shape index (κ1) is 20.8. The minimum absolute atomic E-state index is 0.0697. The molecule has 0 spiro atoms. The van der Waals surface area contributed by atoms with Gasteiger partial charge in [-0.15, -0.1) is 0 Å². The van der Waals surface area contributed by atoms with Crippen LogP contribution >= 0.6 is 0 Å². The number of carbonyl (C=O) groups excluding carboxylic acids is 1. The van der Waals surface area contributed by atoms with Crippen LogP contribution in [0.5, 0.6) is 11.5 Å². The zero-order valence-electron chi connectivity index (χ0n) is 17.3. The molecule has 2 rings (SSSR count). The average molecular weight is 370 g/mol. The third kappa shape index (κ3) is 5.49.